The Labute approximate surface area is 242 Å². The molecular formula is C30H43N5O6. The van der Waals surface area contributed by atoms with Crippen LogP contribution in [0, 0.1) is 5.92 Å². The number of ether oxygens (including phenoxy) is 2. The number of nitrogens with zero attached hydrogens (tertiary/aromatic N) is 3. The molecule has 0 aliphatic carbocycles. The second-order valence-electron chi connectivity index (χ2n) is 10.8. The first-order chi connectivity index (χ1) is 19.5. The zero-order valence-electron chi connectivity index (χ0n) is 24.8. The quantitative estimate of drug-likeness (QED) is 0.379. The second kappa shape index (κ2) is 14.7. The normalized spacial score (nSPS) is 17.6. The van der Waals surface area contributed by atoms with Crippen molar-refractivity contribution in [1.29, 1.82) is 0 Å². The fourth-order valence-electron chi connectivity index (χ4n) is 4.54. The SMILES string of the molecule is COc1ccc(NC(=O)N(C)C[C@@H]2Oc3ccc(NC(=O)CCCN(C)C)cc3C(=O)N([C@@H](C)CO)C[C@H]2C)cc1. The van der Waals surface area contributed by atoms with Crippen LogP contribution in [0.1, 0.15) is 37.0 Å². The van der Waals surface area contributed by atoms with Gasteiger partial charge < -0.3 is 39.9 Å². The number of methoxy groups -OCH3 is 1. The average Bonchev–Trinajstić information content (AvgIpc) is 2.94. The minimum atomic E-state index is -0.451. The van der Waals surface area contributed by atoms with Crippen LogP contribution in [0.15, 0.2) is 42.5 Å². The number of benzene rings is 2. The molecule has 1 aliphatic heterocycles. The summed E-state index contributed by atoms with van der Waals surface area (Å²) in [6.07, 6.45) is 0.623. The third kappa shape index (κ3) is 8.83. The van der Waals surface area contributed by atoms with E-state index in [1.54, 1.807) is 68.4 Å². The molecule has 0 saturated carbocycles. The molecule has 3 rings (SSSR count). The molecule has 1 aliphatic rings. The largest absolute Gasteiger partial charge is 0.497 e. The lowest BCUT2D eigenvalue weighted by molar-refractivity contribution is -0.116. The zero-order chi connectivity index (χ0) is 30.1. The summed E-state index contributed by atoms with van der Waals surface area (Å²) in [6, 6.07) is 11.3. The molecule has 0 fully saturated rings. The number of aliphatic hydroxyl groups is 1. The first kappa shape index (κ1) is 31.7. The van der Waals surface area contributed by atoms with Gasteiger partial charge in [0.25, 0.3) is 5.91 Å². The number of carbonyl (C=O) groups is 3. The molecule has 0 unspecified atom stereocenters. The third-order valence-corrected chi connectivity index (χ3v) is 7.10. The van der Waals surface area contributed by atoms with Gasteiger partial charge >= 0.3 is 6.03 Å². The van der Waals surface area contributed by atoms with E-state index in [1.165, 1.54) is 4.90 Å². The number of hydrogen-bond donors (Lipinski definition) is 3. The van der Waals surface area contributed by atoms with Crippen molar-refractivity contribution in [3.05, 3.63) is 48.0 Å². The molecule has 4 amide bonds. The molecule has 11 nitrogen and oxygen atoms in total. The average molecular weight is 570 g/mol. The van der Waals surface area contributed by atoms with E-state index in [0.29, 0.717) is 47.8 Å². The lowest BCUT2D eigenvalue weighted by Crippen LogP contribution is -2.50. The maximum atomic E-state index is 13.6. The van der Waals surface area contributed by atoms with Crippen LogP contribution in [0.5, 0.6) is 11.5 Å². The lowest BCUT2D eigenvalue weighted by Gasteiger charge is -2.38. The van der Waals surface area contributed by atoms with Crippen LogP contribution in [-0.2, 0) is 4.79 Å². The number of rotatable bonds is 11. The van der Waals surface area contributed by atoms with Crippen molar-refractivity contribution in [3.8, 4) is 11.5 Å². The minimum Gasteiger partial charge on any atom is -0.497 e. The highest BCUT2D eigenvalue weighted by molar-refractivity contribution is 6.00. The Bertz CT molecular complexity index is 1190. The van der Waals surface area contributed by atoms with Gasteiger partial charge in [-0.1, -0.05) is 6.92 Å². The van der Waals surface area contributed by atoms with Gasteiger partial charge in [0, 0.05) is 37.3 Å². The summed E-state index contributed by atoms with van der Waals surface area (Å²) in [5, 5.41) is 15.6. The Kier molecular flexibility index (Phi) is 11.4. The highest BCUT2D eigenvalue weighted by atomic mass is 16.5. The van der Waals surface area contributed by atoms with Gasteiger partial charge in [-0.3, -0.25) is 9.59 Å². The van der Waals surface area contributed by atoms with Crippen molar-refractivity contribution in [3.63, 3.8) is 0 Å². The molecule has 0 radical (unpaired) electrons. The van der Waals surface area contributed by atoms with Crippen molar-refractivity contribution in [2.24, 2.45) is 5.92 Å². The number of urea groups is 1. The van der Waals surface area contributed by atoms with Gasteiger partial charge in [-0.25, -0.2) is 4.79 Å². The van der Waals surface area contributed by atoms with Crippen molar-refractivity contribution >= 4 is 29.2 Å². The van der Waals surface area contributed by atoms with Gasteiger partial charge in [0.05, 0.1) is 31.9 Å². The number of anilines is 2. The predicted octanol–water partition coefficient (Wildman–Crippen LogP) is 3.36. The Morgan fingerprint density at radius 2 is 1.80 bits per heavy atom. The minimum absolute atomic E-state index is 0.136. The van der Waals surface area contributed by atoms with E-state index in [9.17, 15) is 19.5 Å². The lowest BCUT2D eigenvalue weighted by atomic mass is 9.99. The second-order valence-corrected chi connectivity index (χ2v) is 10.8. The van der Waals surface area contributed by atoms with Gasteiger partial charge in [0.2, 0.25) is 5.91 Å². The van der Waals surface area contributed by atoms with Crippen molar-refractivity contribution in [2.75, 3.05) is 65.1 Å². The molecule has 11 heteroatoms. The predicted molar refractivity (Wildman–Crippen MR) is 159 cm³/mol. The van der Waals surface area contributed by atoms with Gasteiger partial charge in [0.1, 0.15) is 17.6 Å². The molecule has 0 bridgehead atoms. The number of hydrogen-bond acceptors (Lipinski definition) is 7. The van der Waals surface area contributed by atoms with E-state index in [2.05, 4.69) is 10.6 Å². The molecule has 1 heterocycles. The Morgan fingerprint density at radius 1 is 1.12 bits per heavy atom. The maximum absolute atomic E-state index is 13.6. The Hall–Kier alpha value is -3.83. The Morgan fingerprint density at radius 3 is 2.44 bits per heavy atom. The summed E-state index contributed by atoms with van der Waals surface area (Å²) in [5.41, 5.74) is 1.41. The molecule has 3 N–H and O–H groups in total. The summed E-state index contributed by atoms with van der Waals surface area (Å²) in [7, 11) is 7.17. The molecular weight excluding hydrogens is 526 g/mol. The number of amides is 4. The van der Waals surface area contributed by atoms with Gasteiger partial charge in [0.15, 0.2) is 0 Å². The van der Waals surface area contributed by atoms with E-state index in [0.717, 1.165) is 6.54 Å². The first-order valence-corrected chi connectivity index (χ1v) is 13.9. The number of nitrogens with one attached hydrogen (secondary N) is 2. The molecule has 2 aromatic rings. The standard InChI is InChI=1S/C30H43N5O6/c1-20-17-35(21(2)19-36)29(38)25-16-23(31-28(37)8-7-15-33(3)4)11-14-26(25)41-27(20)18-34(5)30(39)32-22-9-12-24(40-6)13-10-22/h9-14,16,20-21,27,36H,7-8,15,17-19H2,1-6H3,(H,31,37)(H,32,39)/t20-,21+,27+/m1/s1. The monoisotopic (exact) mass is 569 g/mol. The fraction of sp³-hybridized carbons (Fsp3) is 0.500. The number of aliphatic hydroxyl groups excluding tert-OH is 1. The highest BCUT2D eigenvalue weighted by Gasteiger charge is 2.34. The topological polar surface area (TPSA) is 124 Å². The van der Waals surface area contributed by atoms with Gasteiger partial charge in [-0.15, -0.1) is 0 Å². The first-order valence-electron chi connectivity index (χ1n) is 13.9. The molecule has 0 spiro atoms. The molecule has 2 aromatic carbocycles. The fourth-order valence-corrected chi connectivity index (χ4v) is 4.54. The van der Waals surface area contributed by atoms with Crippen molar-refractivity contribution < 1.29 is 29.0 Å². The van der Waals surface area contributed by atoms with E-state index < -0.39 is 12.1 Å². The van der Waals surface area contributed by atoms with Crippen LogP contribution in [0.2, 0.25) is 0 Å². The van der Waals surface area contributed by atoms with Crippen LogP contribution in [-0.4, -0.2) is 104 Å². The zero-order valence-corrected chi connectivity index (χ0v) is 24.8. The summed E-state index contributed by atoms with van der Waals surface area (Å²) in [4.78, 5) is 44.3. The smallest absolute Gasteiger partial charge is 0.321 e. The molecule has 0 aromatic heterocycles. The maximum Gasteiger partial charge on any atom is 0.321 e. The molecule has 3 atom stereocenters. The van der Waals surface area contributed by atoms with Crippen LogP contribution >= 0.6 is 0 Å². The number of fused-ring (bicyclic) bond motifs is 1. The summed E-state index contributed by atoms with van der Waals surface area (Å²) in [6.45, 7) is 4.90. The van der Waals surface area contributed by atoms with E-state index in [1.807, 2.05) is 25.9 Å². The third-order valence-electron chi connectivity index (χ3n) is 7.10. The van der Waals surface area contributed by atoms with Crippen LogP contribution in [0.4, 0.5) is 16.2 Å². The molecule has 224 valence electrons. The van der Waals surface area contributed by atoms with Gasteiger partial charge in [-0.05, 0) is 76.4 Å². The van der Waals surface area contributed by atoms with Crippen molar-refractivity contribution in [2.45, 2.75) is 38.8 Å². The van der Waals surface area contributed by atoms with E-state index in [-0.39, 0.29) is 36.9 Å². The molecule has 0 saturated heterocycles. The van der Waals surface area contributed by atoms with Gasteiger partial charge in [-0.2, -0.15) is 0 Å². The van der Waals surface area contributed by atoms with E-state index >= 15 is 0 Å². The van der Waals surface area contributed by atoms with Crippen molar-refractivity contribution in [1.82, 2.24) is 14.7 Å². The summed E-state index contributed by atoms with van der Waals surface area (Å²) >= 11 is 0. The summed E-state index contributed by atoms with van der Waals surface area (Å²) < 4.78 is 11.5. The number of carbonyl (C=O) groups excluding carboxylic acids is 3. The Balaban J connectivity index is 1.80. The highest BCUT2D eigenvalue weighted by Crippen LogP contribution is 2.31. The number of likely N-dealkylation sites (N-methyl/N-ethyl adjacent to an activating group) is 1. The van der Waals surface area contributed by atoms with Crippen LogP contribution in [0.25, 0.3) is 0 Å². The molecule has 41 heavy (non-hydrogen) atoms. The van der Waals surface area contributed by atoms with Crippen LogP contribution in [0.3, 0.4) is 0 Å². The van der Waals surface area contributed by atoms with Crippen LogP contribution < -0.4 is 20.1 Å². The summed E-state index contributed by atoms with van der Waals surface area (Å²) in [5.74, 6) is 0.462. The van der Waals surface area contributed by atoms with E-state index in [4.69, 9.17) is 9.47 Å².